The van der Waals surface area contributed by atoms with Crippen molar-refractivity contribution in [3.05, 3.63) is 23.8 Å². The van der Waals surface area contributed by atoms with Crippen LogP contribution in [0.25, 0.3) is 0 Å². The Morgan fingerprint density at radius 3 is 2.55 bits per heavy atom. The predicted octanol–water partition coefficient (Wildman–Crippen LogP) is 3.43. The zero-order valence-corrected chi connectivity index (χ0v) is 18.5. The van der Waals surface area contributed by atoms with Gasteiger partial charge in [0.1, 0.15) is 0 Å². The first-order chi connectivity index (χ1) is 14.7. The molecule has 0 radical (unpaired) electrons. The lowest BCUT2D eigenvalue weighted by Gasteiger charge is -2.35. The molecule has 0 spiro atoms. The Balaban J connectivity index is 1.85. The number of alkyl halides is 3. The van der Waals surface area contributed by atoms with Crippen LogP contribution >= 0.6 is 0 Å². The number of aryl methyl sites for hydroxylation is 1. The predicted molar refractivity (Wildman–Crippen MR) is 112 cm³/mol. The van der Waals surface area contributed by atoms with Crippen LogP contribution in [0.15, 0.2) is 18.2 Å². The normalized spacial score (nSPS) is 16.2. The molecule has 1 unspecified atom stereocenters. The maximum Gasteiger partial charge on any atom is 0.422 e. The van der Waals surface area contributed by atoms with Crippen LogP contribution in [-0.4, -0.2) is 69.6 Å². The fourth-order valence-corrected chi connectivity index (χ4v) is 3.57. The molecule has 0 aromatic heterocycles. The molecule has 1 aliphatic rings. The summed E-state index contributed by atoms with van der Waals surface area (Å²) in [6, 6.07) is 4.97. The number of carbonyl (C=O) groups is 1. The van der Waals surface area contributed by atoms with Crippen LogP contribution in [0.4, 0.5) is 13.2 Å². The molecular formula is C22H33F3N2O4. The molecule has 0 saturated carbocycles. The van der Waals surface area contributed by atoms with Crippen molar-refractivity contribution in [1.82, 2.24) is 10.2 Å². The van der Waals surface area contributed by atoms with Gasteiger partial charge in [0.25, 0.3) is 0 Å². The fourth-order valence-electron chi connectivity index (χ4n) is 3.57. The van der Waals surface area contributed by atoms with Gasteiger partial charge in [0.2, 0.25) is 5.91 Å². The molecular weight excluding hydrogens is 413 g/mol. The van der Waals surface area contributed by atoms with Crippen molar-refractivity contribution in [3.63, 3.8) is 0 Å². The highest BCUT2D eigenvalue weighted by Gasteiger charge is 2.29. The summed E-state index contributed by atoms with van der Waals surface area (Å²) in [6.07, 6.45) is -2.69. The summed E-state index contributed by atoms with van der Waals surface area (Å²) >= 11 is 0. The number of amides is 1. The first-order valence-electron chi connectivity index (χ1n) is 10.6. The van der Waals surface area contributed by atoms with E-state index < -0.39 is 12.8 Å². The highest BCUT2D eigenvalue weighted by Crippen LogP contribution is 2.30. The van der Waals surface area contributed by atoms with Crippen molar-refractivity contribution in [2.45, 2.75) is 45.3 Å². The Morgan fingerprint density at radius 2 is 1.94 bits per heavy atom. The number of nitrogens with zero attached hydrogens (tertiary/aromatic N) is 1. The second-order valence-corrected chi connectivity index (χ2v) is 8.12. The number of morpholine rings is 1. The van der Waals surface area contributed by atoms with Gasteiger partial charge < -0.3 is 19.5 Å². The van der Waals surface area contributed by atoms with Gasteiger partial charge in [-0.1, -0.05) is 19.9 Å². The lowest BCUT2D eigenvalue weighted by atomic mass is 10.0. The number of rotatable bonds is 11. The summed E-state index contributed by atoms with van der Waals surface area (Å²) in [4.78, 5) is 14.8. The molecule has 1 atom stereocenters. The third-order valence-electron chi connectivity index (χ3n) is 5.10. The molecule has 9 heteroatoms. The molecule has 0 bridgehead atoms. The molecule has 1 heterocycles. The summed E-state index contributed by atoms with van der Waals surface area (Å²) in [5, 5.41) is 3.03. The van der Waals surface area contributed by atoms with Crippen LogP contribution in [0.5, 0.6) is 11.5 Å². The van der Waals surface area contributed by atoms with Gasteiger partial charge in [-0.3, -0.25) is 9.69 Å². The topological polar surface area (TPSA) is 60.0 Å². The second kappa shape index (κ2) is 12.1. The quantitative estimate of drug-likeness (QED) is 0.564. The molecule has 1 saturated heterocycles. The number of halogens is 3. The molecule has 176 valence electrons. The van der Waals surface area contributed by atoms with E-state index in [1.165, 1.54) is 13.2 Å². The number of hydrogen-bond donors (Lipinski definition) is 1. The lowest BCUT2D eigenvalue weighted by molar-refractivity contribution is -0.153. The molecule has 1 aromatic carbocycles. The maximum absolute atomic E-state index is 12.4. The van der Waals surface area contributed by atoms with Gasteiger partial charge in [-0.15, -0.1) is 0 Å². The van der Waals surface area contributed by atoms with Crippen molar-refractivity contribution in [2.24, 2.45) is 5.92 Å². The van der Waals surface area contributed by atoms with Gasteiger partial charge >= 0.3 is 6.18 Å². The SMILES string of the molecule is COc1cc(CCC(=O)NCC(CC(C)C)N2CCOCC2)ccc1OCC(F)(F)F. The van der Waals surface area contributed by atoms with Gasteiger partial charge in [-0.25, -0.2) is 0 Å². The first-order valence-corrected chi connectivity index (χ1v) is 10.6. The molecule has 1 aromatic rings. The Kier molecular flexibility index (Phi) is 9.90. The lowest BCUT2D eigenvalue weighted by Crippen LogP contribution is -2.49. The fraction of sp³-hybridized carbons (Fsp3) is 0.682. The minimum atomic E-state index is -4.42. The number of methoxy groups -OCH3 is 1. The van der Waals surface area contributed by atoms with Crippen LogP contribution in [0, 0.1) is 5.92 Å². The first kappa shape index (κ1) is 25.3. The number of hydrogen-bond acceptors (Lipinski definition) is 5. The number of nitrogens with one attached hydrogen (secondary N) is 1. The number of benzene rings is 1. The van der Waals surface area contributed by atoms with Crippen LogP contribution in [0.1, 0.15) is 32.3 Å². The average Bonchev–Trinajstić information content (AvgIpc) is 2.73. The van der Waals surface area contributed by atoms with E-state index in [0.717, 1.165) is 25.1 Å². The van der Waals surface area contributed by atoms with E-state index in [0.29, 0.717) is 32.1 Å². The maximum atomic E-state index is 12.4. The van der Waals surface area contributed by atoms with E-state index in [9.17, 15) is 18.0 Å². The van der Waals surface area contributed by atoms with E-state index in [1.54, 1.807) is 12.1 Å². The zero-order chi connectivity index (χ0) is 22.9. The van der Waals surface area contributed by atoms with E-state index in [-0.39, 0.29) is 29.9 Å². The highest BCUT2D eigenvalue weighted by molar-refractivity contribution is 5.76. The second-order valence-electron chi connectivity index (χ2n) is 8.12. The van der Waals surface area contributed by atoms with Crippen LogP contribution in [-0.2, 0) is 16.0 Å². The van der Waals surface area contributed by atoms with Crippen molar-refractivity contribution < 1.29 is 32.2 Å². The van der Waals surface area contributed by atoms with E-state index in [2.05, 4.69) is 24.1 Å². The molecule has 1 amide bonds. The van der Waals surface area contributed by atoms with Crippen molar-refractivity contribution >= 4 is 5.91 Å². The molecule has 1 fully saturated rings. The monoisotopic (exact) mass is 446 g/mol. The average molecular weight is 447 g/mol. The van der Waals surface area contributed by atoms with Crippen molar-refractivity contribution in [1.29, 1.82) is 0 Å². The Labute approximate surface area is 182 Å². The van der Waals surface area contributed by atoms with Crippen molar-refractivity contribution in [2.75, 3.05) is 46.6 Å². The minimum absolute atomic E-state index is 0.0232. The molecule has 31 heavy (non-hydrogen) atoms. The highest BCUT2D eigenvalue weighted by atomic mass is 19.4. The third-order valence-corrected chi connectivity index (χ3v) is 5.10. The van der Waals surface area contributed by atoms with Crippen LogP contribution in [0.2, 0.25) is 0 Å². The van der Waals surface area contributed by atoms with Crippen LogP contribution < -0.4 is 14.8 Å². The van der Waals surface area contributed by atoms with Crippen LogP contribution in [0.3, 0.4) is 0 Å². The van der Waals surface area contributed by atoms with Crippen molar-refractivity contribution in [3.8, 4) is 11.5 Å². The summed E-state index contributed by atoms with van der Waals surface area (Å²) in [7, 11) is 1.37. The van der Waals surface area contributed by atoms with E-state index in [4.69, 9.17) is 14.2 Å². The summed E-state index contributed by atoms with van der Waals surface area (Å²) in [6.45, 7) is 6.72. The van der Waals surface area contributed by atoms with E-state index >= 15 is 0 Å². The smallest absolute Gasteiger partial charge is 0.422 e. The van der Waals surface area contributed by atoms with Gasteiger partial charge in [0.05, 0.1) is 20.3 Å². The largest absolute Gasteiger partial charge is 0.493 e. The summed E-state index contributed by atoms with van der Waals surface area (Å²) < 4.78 is 52.4. The number of carbonyl (C=O) groups excluding carboxylic acids is 1. The van der Waals surface area contributed by atoms with Gasteiger partial charge in [-0.05, 0) is 36.5 Å². The van der Waals surface area contributed by atoms with Gasteiger partial charge in [0.15, 0.2) is 18.1 Å². The van der Waals surface area contributed by atoms with Gasteiger partial charge in [-0.2, -0.15) is 13.2 Å². The summed E-state index contributed by atoms with van der Waals surface area (Å²) in [5.41, 5.74) is 0.790. The Hall–Kier alpha value is -2.00. The Morgan fingerprint density at radius 1 is 1.23 bits per heavy atom. The molecule has 6 nitrogen and oxygen atoms in total. The molecule has 2 rings (SSSR count). The Bertz CT molecular complexity index is 692. The summed E-state index contributed by atoms with van der Waals surface area (Å²) in [5.74, 6) is 0.704. The van der Waals surface area contributed by atoms with Gasteiger partial charge in [0, 0.05) is 32.1 Å². The zero-order valence-electron chi connectivity index (χ0n) is 18.5. The molecule has 0 aliphatic carbocycles. The third kappa shape index (κ3) is 9.35. The standard InChI is InChI=1S/C22H33F3N2O4/c1-16(2)12-18(27-8-10-30-11-9-27)14-26-21(28)7-5-17-4-6-19(20(13-17)29-3)31-15-22(23,24)25/h4,6,13,16,18H,5,7-12,14-15H2,1-3H3,(H,26,28). The molecule has 1 N–H and O–H groups in total. The number of ether oxygens (including phenoxy) is 3. The molecule has 1 aliphatic heterocycles. The van der Waals surface area contributed by atoms with E-state index in [1.807, 2.05) is 0 Å². The minimum Gasteiger partial charge on any atom is -0.493 e.